The zero-order chi connectivity index (χ0) is 22.8. The number of aliphatic carboxylic acids is 1. The maximum Gasteiger partial charge on any atom is 0.303 e. The number of benzene rings is 2. The minimum absolute atomic E-state index is 0.129. The second kappa shape index (κ2) is 11.6. The Kier molecular flexibility index (Phi) is 8.35. The Labute approximate surface area is 192 Å². The van der Waals surface area contributed by atoms with Gasteiger partial charge in [0, 0.05) is 41.2 Å². The number of hydrogen-bond acceptors (Lipinski definition) is 3. The molecule has 0 bridgehead atoms. The second-order valence-electron chi connectivity index (χ2n) is 7.10. The van der Waals surface area contributed by atoms with Gasteiger partial charge in [-0.25, -0.2) is 0 Å². The van der Waals surface area contributed by atoms with Crippen LogP contribution in [-0.4, -0.2) is 22.0 Å². The van der Waals surface area contributed by atoms with Crippen LogP contribution < -0.4 is 5.32 Å². The number of amides is 1. The highest BCUT2D eigenvalue weighted by atomic mass is 35.5. The van der Waals surface area contributed by atoms with Crippen molar-refractivity contribution in [3.8, 4) is 0 Å². The molecule has 0 fully saturated rings. The summed E-state index contributed by atoms with van der Waals surface area (Å²) < 4.78 is 0. The Morgan fingerprint density at radius 2 is 1.84 bits per heavy atom. The van der Waals surface area contributed by atoms with E-state index < -0.39 is 5.97 Å². The molecule has 6 heteroatoms. The van der Waals surface area contributed by atoms with E-state index in [-0.39, 0.29) is 12.3 Å². The molecule has 0 aliphatic heterocycles. The molecule has 1 amide bonds. The molecule has 0 radical (unpaired) electrons. The van der Waals surface area contributed by atoms with E-state index in [4.69, 9.17) is 16.7 Å². The Bertz CT molecular complexity index is 1120. The predicted molar refractivity (Wildman–Crippen MR) is 128 cm³/mol. The standard InChI is InChI=1S/C26H23ClN2O3/c27-22-7-3-5-19(17-22)10-15-25(30)29-23-13-11-20(12-14-23)24(8-1-2-9-26(31)32)21-6-4-16-28-18-21/h3-8,10-18H,1-2,9H2,(H,29,30)(H,31,32). The van der Waals surface area contributed by atoms with Crippen LogP contribution in [0.25, 0.3) is 11.6 Å². The number of rotatable bonds is 9. The third kappa shape index (κ3) is 7.22. The summed E-state index contributed by atoms with van der Waals surface area (Å²) in [5.74, 6) is -1.04. The van der Waals surface area contributed by atoms with Crippen molar-refractivity contribution in [2.75, 3.05) is 5.32 Å². The van der Waals surface area contributed by atoms with Crippen molar-refractivity contribution in [2.45, 2.75) is 19.3 Å². The molecular weight excluding hydrogens is 424 g/mol. The molecular formula is C26H23ClN2O3. The monoisotopic (exact) mass is 446 g/mol. The van der Waals surface area contributed by atoms with Gasteiger partial charge < -0.3 is 10.4 Å². The summed E-state index contributed by atoms with van der Waals surface area (Å²) in [6.07, 6.45) is 10.0. The molecule has 2 N–H and O–H groups in total. The van der Waals surface area contributed by atoms with E-state index in [1.807, 2.05) is 54.6 Å². The summed E-state index contributed by atoms with van der Waals surface area (Å²) in [7, 11) is 0. The highest BCUT2D eigenvalue weighted by Gasteiger charge is 2.07. The van der Waals surface area contributed by atoms with Crippen molar-refractivity contribution in [3.63, 3.8) is 0 Å². The third-order valence-electron chi connectivity index (χ3n) is 4.66. The lowest BCUT2D eigenvalue weighted by molar-refractivity contribution is -0.137. The lowest BCUT2D eigenvalue weighted by Crippen LogP contribution is -2.07. The van der Waals surface area contributed by atoms with Gasteiger partial charge >= 0.3 is 5.97 Å². The number of carbonyl (C=O) groups excluding carboxylic acids is 1. The van der Waals surface area contributed by atoms with Crippen LogP contribution in [0.1, 0.15) is 36.0 Å². The molecule has 3 rings (SSSR count). The Balaban J connectivity index is 1.70. The van der Waals surface area contributed by atoms with Crippen LogP contribution in [0, 0.1) is 0 Å². The van der Waals surface area contributed by atoms with Crippen LogP contribution in [0.3, 0.4) is 0 Å². The molecule has 1 aromatic heterocycles. The second-order valence-corrected chi connectivity index (χ2v) is 7.54. The SMILES string of the molecule is O=C(O)CCCC=C(c1ccc(NC(=O)C=Cc2cccc(Cl)c2)cc1)c1cccnc1. The first kappa shape index (κ1) is 23.0. The van der Waals surface area contributed by atoms with Crippen molar-refractivity contribution in [1.29, 1.82) is 0 Å². The minimum Gasteiger partial charge on any atom is -0.481 e. The maximum absolute atomic E-state index is 12.2. The molecule has 5 nitrogen and oxygen atoms in total. The highest BCUT2D eigenvalue weighted by Crippen LogP contribution is 2.25. The molecule has 1 heterocycles. The van der Waals surface area contributed by atoms with E-state index >= 15 is 0 Å². The molecule has 0 aliphatic carbocycles. The highest BCUT2D eigenvalue weighted by molar-refractivity contribution is 6.30. The van der Waals surface area contributed by atoms with Crippen LogP contribution in [-0.2, 0) is 9.59 Å². The predicted octanol–water partition coefficient (Wildman–Crippen LogP) is 6.07. The van der Waals surface area contributed by atoms with E-state index in [1.54, 1.807) is 30.6 Å². The van der Waals surface area contributed by atoms with Crippen LogP contribution in [0.4, 0.5) is 5.69 Å². The lowest BCUT2D eigenvalue weighted by atomic mass is 9.97. The van der Waals surface area contributed by atoms with Gasteiger partial charge in [-0.05, 0) is 65.9 Å². The largest absolute Gasteiger partial charge is 0.481 e. The quantitative estimate of drug-likeness (QED) is 0.308. The molecule has 0 atom stereocenters. The van der Waals surface area contributed by atoms with Gasteiger partial charge in [0.25, 0.3) is 0 Å². The van der Waals surface area contributed by atoms with E-state index in [1.165, 1.54) is 6.08 Å². The van der Waals surface area contributed by atoms with Crippen molar-refractivity contribution < 1.29 is 14.7 Å². The van der Waals surface area contributed by atoms with Gasteiger partial charge in [-0.3, -0.25) is 14.6 Å². The normalized spacial score (nSPS) is 11.5. The number of nitrogens with one attached hydrogen (secondary N) is 1. The molecule has 0 unspecified atom stereocenters. The first-order valence-electron chi connectivity index (χ1n) is 10.2. The average molecular weight is 447 g/mol. The summed E-state index contributed by atoms with van der Waals surface area (Å²) in [5.41, 5.74) is 4.40. The first-order chi connectivity index (χ1) is 15.5. The number of halogens is 1. The fourth-order valence-electron chi connectivity index (χ4n) is 3.12. The zero-order valence-corrected chi connectivity index (χ0v) is 18.1. The summed E-state index contributed by atoms with van der Waals surface area (Å²) in [4.78, 5) is 27.2. The summed E-state index contributed by atoms with van der Waals surface area (Å²) >= 11 is 5.96. The maximum atomic E-state index is 12.2. The lowest BCUT2D eigenvalue weighted by Gasteiger charge is -2.10. The van der Waals surface area contributed by atoms with Crippen molar-refractivity contribution in [1.82, 2.24) is 4.98 Å². The molecule has 2 aromatic carbocycles. The van der Waals surface area contributed by atoms with Crippen molar-refractivity contribution >= 4 is 40.8 Å². The summed E-state index contributed by atoms with van der Waals surface area (Å²) in [5, 5.41) is 12.3. The smallest absolute Gasteiger partial charge is 0.303 e. The topological polar surface area (TPSA) is 79.3 Å². The van der Waals surface area contributed by atoms with Gasteiger partial charge in [0.15, 0.2) is 0 Å². The minimum atomic E-state index is -0.800. The Hall–Kier alpha value is -3.70. The number of aromatic nitrogens is 1. The van der Waals surface area contributed by atoms with Crippen molar-refractivity contribution in [2.24, 2.45) is 0 Å². The number of pyridine rings is 1. The number of anilines is 1. The van der Waals surface area contributed by atoms with Crippen LogP contribution in [0.15, 0.2) is 85.2 Å². The molecule has 0 saturated heterocycles. The third-order valence-corrected chi connectivity index (χ3v) is 4.89. The van der Waals surface area contributed by atoms with Gasteiger partial charge in [0.2, 0.25) is 5.91 Å². The molecule has 0 spiro atoms. The summed E-state index contributed by atoms with van der Waals surface area (Å²) in [6, 6.07) is 18.6. The van der Waals surface area contributed by atoms with Crippen LogP contribution in [0.2, 0.25) is 5.02 Å². The number of nitrogens with zero attached hydrogens (tertiary/aromatic N) is 1. The Morgan fingerprint density at radius 1 is 1.03 bits per heavy atom. The fourth-order valence-corrected chi connectivity index (χ4v) is 3.32. The molecule has 0 aliphatic rings. The number of hydrogen-bond donors (Lipinski definition) is 2. The number of carboxylic acid groups (broad SMARTS) is 1. The van der Waals surface area contributed by atoms with Gasteiger partial charge in [-0.15, -0.1) is 0 Å². The summed E-state index contributed by atoms with van der Waals surface area (Å²) in [6.45, 7) is 0. The number of carboxylic acids is 1. The van der Waals surface area contributed by atoms with Crippen molar-refractivity contribution in [3.05, 3.63) is 107 Å². The molecule has 0 saturated carbocycles. The molecule has 32 heavy (non-hydrogen) atoms. The van der Waals surface area contributed by atoms with Gasteiger partial charge in [0.1, 0.15) is 0 Å². The zero-order valence-electron chi connectivity index (χ0n) is 17.4. The fraction of sp³-hybridized carbons (Fsp3) is 0.115. The molecule has 3 aromatic rings. The van der Waals surface area contributed by atoms with Gasteiger partial charge in [-0.1, -0.05) is 48.0 Å². The number of carbonyl (C=O) groups is 2. The average Bonchev–Trinajstić information content (AvgIpc) is 2.79. The van der Waals surface area contributed by atoms with Crippen LogP contribution >= 0.6 is 11.6 Å². The van der Waals surface area contributed by atoms with Gasteiger partial charge in [-0.2, -0.15) is 0 Å². The Morgan fingerprint density at radius 3 is 2.53 bits per heavy atom. The van der Waals surface area contributed by atoms with E-state index in [2.05, 4.69) is 10.3 Å². The first-order valence-corrected chi connectivity index (χ1v) is 10.6. The van der Waals surface area contributed by atoms with E-state index in [9.17, 15) is 9.59 Å². The molecule has 162 valence electrons. The van der Waals surface area contributed by atoms with E-state index in [0.717, 1.165) is 22.3 Å². The van der Waals surface area contributed by atoms with Gasteiger partial charge in [0.05, 0.1) is 0 Å². The number of allylic oxidation sites excluding steroid dienone is 1. The van der Waals surface area contributed by atoms with E-state index in [0.29, 0.717) is 23.6 Å². The van der Waals surface area contributed by atoms with Crippen LogP contribution in [0.5, 0.6) is 0 Å². The number of unbranched alkanes of at least 4 members (excludes halogenated alkanes) is 1.